The van der Waals surface area contributed by atoms with E-state index >= 15 is 0 Å². The Labute approximate surface area is 131 Å². The van der Waals surface area contributed by atoms with E-state index in [4.69, 9.17) is 9.84 Å². The molecule has 0 spiro atoms. The highest BCUT2D eigenvalue weighted by atomic mass is 16.5. The van der Waals surface area contributed by atoms with Crippen LogP contribution in [-0.4, -0.2) is 48.2 Å². The van der Waals surface area contributed by atoms with Crippen molar-refractivity contribution in [2.75, 3.05) is 20.2 Å². The molecule has 0 aliphatic rings. The molecule has 1 atom stereocenters. The molecular formula is C16H24N2O4. The largest absolute Gasteiger partial charge is 0.493 e. The number of rotatable bonds is 7. The van der Waals surface area contributed by atoms with Gasteiger partial charge in [-0.05, 0) is 38.8 Å². The van der Waals surface area contributed by atoms with E-state index in [1.807, 2.05) is 26.0 Å². The fraction of sp³-hybridized carbons (Fsp3) is 0.500. The molecule has 0 aliphatic heterocycles. The van der Waals surface area contributed by atoms with Gasteiger partial charge in [-0.15, -0.1) is 0 Å². The number of ether oxygens (including phenoxy) is 1. The number of amides is 2. The van der Waals surface area contributed by atoms with Crippen LogP contribution in [0.1, 0.15) is 24.5 Å². The second kappa shape index (κ2) is 8.26. The Hall–Kier alpha value is -2.24. The fourth-order valence-corrected chi connectivity index (χ4v) is 1.90. The highest BCUT2D eigenvalue weighted by molar-refractivity contribution is 5.82. The van der Waals surface area contributed by atoms with Crippen LogP contribution < -0.4 is 10.1 Å². The molecule has 6 heteroatoms. The Morgan fingerprint density at radius 1 is 1.36 bits per heavy atom. The molecule has 0 aromatic heterocycles. The molecule has 1 rings (SSSR count). The minimum absolute atomic E-state index is 0.401. The summed E-state index contributed by atoms with van der Waals surface area (Å²) in [6.07, 6.45) is 0.665. The number of hydrogen-bond donors (Lipinski definition) is 2. The van der Waals surface area contributed by atoms with E-state index in [9.17, 15) is 9.59 Å². The zero-order chi connectivity index (χ0) is 16.7. The molecule has 0 unspecified atom stereocenters. The number of carbonyl (C=O) groups is 2. The van der Waals surface area contributed by atoms with Crippen LogP contribution in [-0.2, 0) is 4.79 Å². The summed E-state index contributed by atoms with van der Waals surface area (Å²) in [5.41, 5.74) is 2.27. The second-order valence-corrected chi connectivity index (χ2v) is 5.40. The van der Waals surface area contributed by atoms with E-state index < -0.39 is 18.0 Å². The van der Waals surface area contributed by atoms with Crippen LogP contribution in [0.3, 0.4) is 0 Å². The van der Waals surface area contributed by atoms with Crippen molar-refractivity contribution in [3.8, 4) is 5.75 Å². The molecule has 2 amide bonds. The molecule has 0 saturated carbocycles. The smallest absolute Gasteiger partial charge is 0.325 e. The molecule has 6 nitrogen and oxygen atoms in total. The van der Waals surface area contributed by atoms with Gasteiger partial charge in [0, 0.05) is 13.6 Å². The third kappa shape index (κ3) is 5.63. The summed E-state index contributed by atoms with van der Waals surface area (Å²) in [5.74, 6) is -0.211. The normalized spacial score (nSPS) is 11.6. The maximum Gasteiger partial charge on any atom is 0.325 e. The highest BCUT2D eigenvalue weighted by Crippen LogP contribution is 2.18. The van der Waals surface area contributed by atoms with Crippen molar-refractivity contribution in [2.24, 2.45) is 0 Å². The van der Waals surface area contributed by atoms with Crippen molar-refractivity contribution < 1.29 is 19.4 Å². The van der Waals surface area contributed by atoms with Gasteiger partial charge in [-0.2, -0.15) is 0 Å². The van der Waals surface area contributed by atoms with Crippen molar-refractivity contribution in [2.45, 2.75) is 33.2 Å². The Bertz CT molecular complexity index is 531. The number of aliphatic carboxylic acids is 1. The van der Waals surface area contributed by atoms with Gasteiger partial charge in [0.15, 0.2) is 0 Å². The number of carbonyl (C=O) groups excluding carboxylic acids is 1. The third-order valence-corrected chi connectivity index (χ3v) is 3.28. The lowest BCUT2D eigenvalue weighted by Crippen LogP contribution is -2.45. The molecule has 0 heterocycles. The molecule has 0 bridgehead atoms. The third-order valence-electron chi connectivity index (χ3n) is 3.28. The maximum absolute atomic E-state index is 11.7. The average Bonchev–Trinajstić information content (AvgIpc) is 2.44. The quantitative estimate of drug-likeness (QED) is 0.757. The van der Waals surface area contributed by atoms with E-state index in [-0.39, 0.29) is 0 Å². The Kier molecular flexibility index (Phi) is 6.69. The Morgan fingerprint density at radius 3 is 2.64 bits per heavy atom. The Balaban J connectivity index is 2.31. The van der Waals surface area contributed by atoms with Crippen molar-refractivity contribution in [3.63, 3.8) is 0 Å². The van der Waals surface area contributed by atoms with Gasteiger partial charge >= 0.3 is 12.0 Å². The predicted molar refractivity (Wildman–Crippen MR) is 84.3 cm³/mol. The lowest BCUT2D eigenvalue weighted by molar-refractivity contribution is -0.138. The van der Waals surface area contributed by atoms with E-state index in [0.29, 0.717) is 19.6 Å². The number of aryl methyl sites for hydroxylation is 2. The molecule has 0 radical (unpaired) electrons. The van der Waals surface area contributed by atoms with Gasteiger partial charge in [0.2, 0.25) is 0 Å². The number of carboxylic acid groups (broad SMARTS) is 1. The van der Waals surface area contributed by atoms with Crippen LogP contribution in [0.4, 0.5) is 4.79 Å². The summed E-state index contributed by atoms with van der Waals surface area (Å²) in [6, 6.07) is 4.69. The molecule has 1 aromatic rings. The SMILES string of the molecule is Cc1ccc(OCCCN(C)C(=O)N[C@@H](C)C(=O)O)c(C)c1. The van der Waals surface area contributed by atoms with E-state index in [1.165, 1.54) is 17.4 Å². The van der Waals surface area contributed by atoms with Crippen molar-refractivity contribution in [1.29, 1.82) is 0 Å². The van der Waals surface area contributed by atoms with Gasteiger partial charge in [0.25, 0.3) is 0 Å². The minimum Gasteiger partial charge on any atom is -0.493 e. The summed E-state index contributed by atoms with van der Waals surface area (Å²) in [6.45, 7) is 6.44. The number of nitrogens with one attached hydrogen (secondary N) is 1. The van der Waals surface area contributed by atoms with Gasteiger partial charge in [0.05, 0.1) is 6.61 Å². The zero-order valence-electron chi connectivity index (χ0n) is 13.5. The number of nitrogens with zero attached hydrogens (tertiary/aromatic N) is 1. The van der Waals surface area contributed by atoms with Gasteiger partial charge < -0.3 is 20.1 Å². The standard InChI is InChI=1S/C16H24N2O4/c1-11-6-7-14(12(2)10-11)22-9-5-8-18(4)16(21)17-13(3)15(19)20/h6-7,10,13H,5,8-9H2,1-4H3,(H,17,21)(H,19,20)/t13-/m0/s1. The fourth-order valence-electron chi connectivity index (χ4n) is 1.90. The molecule has 0 fully saturated rings. The molecule has 2 N–H and O–H groups in total. The van der Waals surface area contributed by atoms with Gasteiger partial charge in [-0.3, -0.25) is 4.79 Å². The van der Waals surface area contributed by atoms with Crippen LogP contribution in [0.15, 0.2) is 18.2 Å². The van der Waals surface area contributed by atoms with Crippen LogP contribution in [0.25, 0.3) is 0 Å². The number of benzene rings is 1. The van der Waals surface area contributed by atoms with E-state index in [0.717, 1.165) is 11.3 Å². The van der Waals surface area contributed by atoms with E-state index in [2.05, 4.69) is 11.4 Å². The van der Waals surface area contributed by atoms with Gasteiger partial charge in [-0.25, -0.2) is 4.79 Å². The summed E-state index contributed by atoms with van der Waals surface area (Å²) < 4.78 is 5.69. The molecular weight excluding hydrogens is 284 g/mol. The molecule has 0 aliphatic carbocycles. The second-order valence-electron chi connectivity index (χ2n) is 5.40. The van der Waals surface area contributed by atoms with Crippen LogP contribution >= 0.6 is 0 Å². The lowest BCUT2D eigenvalue weighted by Gasteiger charge is -2.19. The van der Waals surface area contributed by atoms with Crippen LogP contribution in [0.5, 0.6) is 5.75 Å². The van der Waals surface area contributed by atoms with Crippen LogP contribution in [0, 0.1) is 13.8 Å². The first-order chi connectivity index (χ1) is 10.3. The summed E-state index contributed by atoms with van der Waals surface area (Å²) in [4.78, 5) is 23.9. The topological polar surface area (TPSA) is 78.9 Å². The van der Waals surface area contributed by atoms with Crippen LogP contribution in [0.2, 0.25) is 0 Å². The predicted octanol–water partition coefficient (Wildman–Crippen LogP) is 2.19. The highest BCUT2D eigenvalue weighted by Gasteiger charge is 2.16. The van der Waals surface area contributed by atoms with Crippen molar-refractivity contribution in [1.82, 2.24) is 10.2 Å². The van der Waals surface area contributed by atoms with Gasteiger partial charge in [-0.1, -0.05) is 17.7 Å². The summed E-state index contributed by atoms with van der Waals surface area (Å²) in [5, 5.41) is 11.1. The molecule has 0 saturated heterocycles. The first kappa shape index (κ1) is 17.8. The van der Waals surface area contributed by atoms with E-state index in [1.54, 1.807) is 7.05 Å². The molecule has 22 heavy (non-hydrogen) atoms. The summed E-state index contributed by atoms with van der Waals surface area (Å²) in [7, 11) is 1.63. The monoisotopic (exact) mass is 308 g/mol. The first-order valence-electron chi connectivity index (χ1n) is 7.25. The van der Waals surface area contributed by atoms with Crippen molar-refractivity contribution >= 4 is 12.0 Å². The average molecular weight is 308 g/mol. The Morgan fingerprint density at radius 2 is 2.05 bits per heavy atom. The number of hydrogen-bond acceptors (Lipinski definition) is 3. The van der Waals surface area contributed by atoms with Gasteiger partial charge in [0.1, 0.15) is 11.8 Å². The molecule has 122 valence electrons. The minimum atomic E-state index is -1.06. The first-order valence-corrected chi connectivity index (χ1v) is 7.25. The number of carboxylic acids is 1. The lowest BCUT2D eigenvalue weighted by atomic mass is 10.1. The zero-order valence-corrected chi connectivity index (χ0v) is 13.5. The number of urea groups is 1. The van der Waals surface area contributed by atoms with Crippen molar-refractivity contribution in [3.05, 3.63) is 29.3 Å². The maximum atomic E-state index is 11.7. The summed E-state index contributed by atoms with van der Waals surface area (Å²) >= 11 is 0. The molecule has 1 aromatic carbocycles.